The predicted octanol–water partition coefficient (Wildman–Crippen LogP) is 8.18. The van der Waals surface area contributed by atoms with Gasteiger partial charge in [-0.25, -0.2) is 0 Å². The Bertz CT molecular complexity index is 535. The molecular formula is C26H46O2S2. The molecule has 2 unspecified atom stereocenters. The molecule has 2 nitrogen and oxygen atoms in total. The van der Waals surface area contributed by atoms with Crippen LogP contribution in [0.1, 0.15) is 117 Å². The summed E-state index contributed by atoms with van der Waals surface area (Å²) < 4.78 is 25.6. The van der Waals surface area contributed by atoms with Gasteiger partial charge in [-0.2, -0.15) is 0 Å². The topological polar surface area (TPSA) is 34.1 Å². The Kier molecular flexibility index (Phi) is 17.7. The van der Waals surface area contributed by atoms with E-state index in [1.54, 1.807) is 0 Å². The summed E-state index contributed by atoms with van der Waals surface area (Å²) in [6.07, 6.45) is 20.0. The molecule has 1 aromatic carbocycles. The first kappa shape index (κ1) is 27.6. The number of rotatable bonds is 20. The van der Waals surface area contributed by atoms with E-state index in [9.17, 15) is 8.42 Å². The third-order valence-electron chi connectivity index (χ3n) is 5.71. The normalized spacial score (nSPS) is 13.4. The maximum absolute atomic E-state index is 12.8. The van der Waals surface area contributed by atoms with Crippen molar-refractivity contribution in [1.82, 2.24) is 0 Å². The maximum atomic E-state index is 12.8. The Morgan fingerprint density at radius 2 is 0.800 bits per heavy atom. The van der Waals surface area contributed by atoms with Crippen LogP contribution in [0.15, 0.2) is 34.1 Å². The summed E-state index contributed by atoms with van der Waals surface area (Å²) >= 11 is 0. The highest BCUT2D eigenvalue weighted by molar-refractivity contribution is 7.88. The van der Waals surface area contributed by atoms with Gasteiger partial charge in [0.2, 0.25) is 0 Å². The van der Waals surface area contributed by atoms with E-state index in [0.29, 0.717) is 11.5 Å². The molecule has 0 bridgehead atoms. The quantitative estimate of drug-likeness (QED) is 0.186. The first-order chi connectivity index (χ1) is 14.7. The van der Waals surface area contributed by atoms with Crippen LogP contribution in [0.5, 0.6) is 0 Å². The van der Waals surface area contributed by atoms with E-state index in [-0.39, 0.29) is 0 Å². The van der Waals surface area contributed by atoms with Crippen LogP contribution in [0.4, 0.5) is 0 Å². The molecule has 0 amide bonds. The molecule has 0 heterocycles. The van der Waals surface area contributed by atoms with E-state index in [2.05, 4.69) is 13.8 Å². The summed E-state index contributed by atoms with van der Waals surface area (Å²) in [6.45, 7) is 4.49. The fourth-order valence-corrected chi connectivity index (χ4v) is 6.76. The van der Waals surface area contributed by atoms with Crippen molar-refractivity contribution >= 4 is 21.6 Å². The van der Waals surface area contributed by atoms with Crippen LogP contribution in [0.2, 0.25) is 0 Å². The highest BCUT2D eigenvalue weighted by atomic mass is 32.2. The molecule has 0 aliphatic carbocycles. The molecule has 0 saturated heterocycles. The fraction of sp³-hybridized carbons (Fsp3) is 0.769. The third kappa shape index (κ3) is 13.0. The van der Waals surface area contributed by atoms with Gasteiger partial charge in [-0.15, -0.1) is 0 Å². The van der Waals surface area contributed by atoms with Crippen LogP contribution < -0.4 is 0 Å². The minimum atomic E-state index is -1.03. The van der Waals surface area contributed by atoms with E-state index in [1.165, 1.54) is 77.0 Å². The molecule has 0 aliphatic rings. The number of hydrogen-bond acceptors (Lipinski definition) is 2. The number of benzene rings is 1. The van der Waals surface area contributed by atoms with Gasteiger partial charge >= 0.3 is 0 Å². The van der Waals surface area contributed by atoms with Crippen molar-refractivity contribution in [2.24, 2.45) is 0 Å². The van der Waals surface area contributed by atoms with Crippen molar-refractivity contribution in [3.8, 4) is 0 Å². The monoisotopic (exact) mass is 454 g/mol. The Morgan fingerprint density at radius 3 is 1.13 bits per heavy atom. The van der Waals surface area contributed by atoms with Crippen LogP contribution >= 0.6 is 0 Å². The van der Waals surface area contributed by atoms with Gasteiger partial charge in [0.05, 0.1) is 31.4 Å². The van der Waals surface area contributed by atoms with Gasteiger partial charge in [-0.3, -0.25) is 8.42 Å². The van der Waals surface area contributed by atoms with Crippen molar-refractivity contribution < 1.29 is 8.42 Å². The zero-order valence-electron chi connectivity index (χ0n) is 19.7. The largest absolute Gasteiger partial charge is 0.254 e. The minimum absolute atomic E-state index is 0.695. The van der Waals surface area contributed by atoms with Crippen LogP contribution in [-0.4, -0.2) is 19.9 Å². The summed E-state index contributed by atoms with van der Waals surface area (Å²) in [4.78, 5) is 1.61. The van der Waals surface area contributed by atoms with Crippen LogP contribution in [0.3, 0.4) is 0 Å². The summed E-state index contributed by atoms with van der Waals surface area (Å²) in [5.74, 6) is 1.39. The molecule has 0 radical (unpaired) electrons. The first-order valence-electron chi connectivity index (χ1n) is 12.6. The SMILES string of the molecule is CCCCCCCCCCS(=O)c1ccccc1S(=O)CCCCCCCCCC. The molecule has 1 rings (SSSR count). The molecule has 0 aliphatic heterocycles. The molecular weight excluding hydrogens is 408 g/mol. The molecule has 0 N–H and O–H groups in total. The van der Waals surface area contributed by atoms with Gasteiger partial charge in [-0.1, -0.05) is 116 Å². The molecule has 1 aromatic rings. The molecule has 0 fully saturated rings. The molecule has 174 valence electrons. The Hall–Kier alpha value is -0.480. The molecule has 0 aromatic heterocycles. The van der Waals surface area contributed by atoms with Gasteiger partial charge in [0.15, 0.2) is 0 Å². The van der Waals surface area contributed by atoms with Gasteiger partial charge < -0.3 is 0 Å². The van der Waals surface area contributed by atoms with Crippen molar-refractivity contribution in [1.29, 1.82) is 0 Å². The van der Waals surface area contributed by atoms with Gasteiger partial charge in [0.1, 0.15) is 0 Å². The first-order valence-corrected chi connectivity index (χ1v) is 15.2. The number of hydrogen-bond donors (Lipinski definition) is 0. The van der Waals surface area contributed by atoms with Crippen LogP contribution in [0, 0.1) is 0 Å². The second kappa shape index (κ2) is 19.2. The highest BCUT2D eigenvalue weighted by Gasteiger charge is 2.14. The van der Waals surface area contributed by atoms with E-state index in [4.69, 9.17) is 0 Å². The average Bonchev–Trinajstić information content (AvgIpc) is 2.77. The zero-order valence-corrected chi connectivity index (χ0v) is 21.3. The second-order valence-electron chi connectivity index (χ2n) is 8.50. The van der Waals surface area contributed by atoms with Gasteiger partial charge in [0, 0.05) is 11.5 Å². The maximum Gasteiger partial charge on any atom is 0.0549 e. The molecule has 0 spiro atoms. The van der Waals surface area contributed by atoms with Crippen molar-refractivity contribution in [3.05, 3.63) is 24.3 Å². The average molecular weight is 455 g/mol. The van der Waals surface area contributed by atoms with E-state index in [0.717, 1.165) is 35.5 Å². The lowest BCUT2D eigenvalue weighted by Crippen LogP contribution is -2.06. The predicted molar refractivity (Wildman–Crippen MR) is 134 cm³/mol. The van der Waals surface area contributed by atoms with Crippen molar-refractivity contribution in [3.63, 3.8) is 0 Å². The molecule has 2 atom stereocenters. The number of unbranched alkanes of at least 4 members (excludes halogenated alkanes) is 14. The zero-order chi connectivity index (χ0) is 21.9. The molecule has 30 heavy (non-hydrogen) atoms. The lowest BCUT2D eigenvalue weighted by Gasteiger charge is -2.09. The molecule has 0 saturated carbocycles. The minimum Gasteiger partial charge on any atom is -0.254 e. The van der Waals surface area contributed by atoms with Crippen molar-refractivity contribution in [2.75, 3.05) is 11.5 Å². The summed E-state index contributed by atoms with van der Waals surface area (Å²) in [5, 5.41) is 0. The van der Waals surface area contributed by atoms with Gasteiger partial charge in [-0.05, 0) is 25.0 Å². The summed E-state index contributed by atoms with van der Waals surface area (Å²) in [6, 6.07) is 7.69. The van der Waals surface area contributed by atoms with Crippen molar-refractivity contribution in [2.45, 2.75) is 126 Å². The summed E-state index contributed by atoms with van der Waals surface area (Å²) in [5.41, 5.74) is 0. The Labute approximate surface area is 191 Å². The highest BCUT2D eigenvalue weighted by Crippen LogP contribution is 2.20. The van der Waals surface area contributed by atoms with E-state index in [1.807, 2.05) is 24.3 Å². The van der Waals surface area contributed by atoms with E-state index < -0.39 is 21.6 Å². The van der Waals surface area contributed by atoms with E-state index >= 15 is 0 Å². The molecule has 4 heteroatoms. The standard InChI is InChI=1S/C26H46O2S2/c1-3-5-7-9-11-13-15-19-23-29(27)25-21-17-18-22-26(25)30(28)24-20-16-14-12-10-8-6-4-2/h17-18,21-22H,3-16,19-20,23-24H2,1-2H3. The third-order valence-corrected chi connectivity index (χ3v) is 8.85. The lowest BCUT2D eigenvalue weighted by molar-refractivity contribution is 0.584. The van der Waals surface area contributed by atoms with Crippen LogP contribution in [-0.2, 0) is 21.6 Å². The fourth-order valence-electron chi connectivity index (χ4n) is 3.78. The van der Waals surface area contributed by atoms with Crippen LogP contribution in [0.25, 0.3) is 0 Å². The Morgan fingerprint density at radius 1 is 0.500 bits per heavy atom. The summed E-state index contributed by atoms with van der Waals surface area (Å²) in [7, 11) is -2.07. The second-order valence-corrected chi connectivity index (χ2v) is 11.6. The smallest absolute Gasteiger partial charge is 0.0549 e. The van der Waals surface area contributed by atoms with Gasteiger partial charge in [0.25, 0.3) is 0 Å². The Balaban J connectivity index is 2.29. The lowest BCUT2D eigenvalue weighted by atomic mass is 10.1.